The summed E-state index contributed by atoms with van der Waals surface area (Å²) in [5.41, 5.74) is 8.57. The minimum absolute atomic E-state index is 0.0156. The van der Waals surface area contributed by atoms with Crippen molar-refractivity contribution in [2.45, 2.75) is 43.9 Å². The van der Waals surface area contributed by atoms with Crippen molar-refractivity contribution in [3.63, 3.8) is 0 Å². The first-order chi connectivity index (χ1) is 12.3. The molecule has 0 spiro atoms. The van der Waals surface area contributed by atoms with E-state index in [1.54, 1.807) is 0 Å². The fraction of sp³-hybridized carbons (Fsp3) is 0.421. The summed E-state index contributed by atoms with van der Waals surface area (Å²) < 4.78 is 0.790. The van der Waals surface area contributed by atoms with Crippen LogP contribution in [0.5, 0.6) is 0 Å². The fourth-order valence-corrected chi connectivity index (χ4v) is 4.45. The first kappa shape index (κ1) is 20.5. The van der Waals surface area contributed by atoms with E-state index < -0.39 is 0 Å². The van der Waals surface area contributed by atoms with E-state index >= 15 is 0 Å². The van der Waals surface area contributed by atoms with Crippen molar-refractivity contribution < 1.29 is 9.59 Å². The van der Waals surface area contributed by atoms with Gasteiger partial charge in [-0.2, -0.15) is 0 Å². The molecule has 2 aromatic rings. The molecule has 0 fully saturated rings. The maximum absolute atomic E-state index is 12.0. The maximum Gasteiger partial charge on any atom is 0.230 e. The number of thiazole rings is 1. The van der Waals surface area contributed by atoms with Crippen LogP contribution in [0.25, 0.3) is 0 Å². The van der Waals surface area contributed by atoms with Crippen molar-refractivity contribution in [1.29, 1.82) is 0 Å². The third kappa shape index (κ3) is 6.46. The molecule has 1 aromatic heterocycles. The molecule has 1 aromatic carbocycles. The minimum Gasteiger partial charge on any atom is -0.369 e. The van der Waals surface area contributed by atoms with Crippen LogP contribution in [0.3, 0.4) is 0 Å². The Bertz CT molecular complexity index is 755. The topological polar surface area (TPSA) is 85.1 Å². The number of rotatable bonds is 9. The van der Waals surface area contributed by atoms with Crippen LogP contribution in [-0.4, -0.2) is 29.1 Å². The van der Waals surface area contributed by atoms with Crippen molar-refractivity contribution in [1.82, 2.24) is 10.3 Å². The quantitative estimate of drug-likeness (QED) is 0.644. The van der Waals surface area contributed by atoms with E-state index in [0.29, 0.717) is 18.2 Å². The monoisotopic (exact) mass is 391 g/mol. The number of aromatic nitrogens is 1. The Kier molecular flexibility index (Phi) is 7.66. The second kappa shape index (κ2) is 9.73. The summed E-state index contributed by atoms with van der Waals surface area (Å²) in [7, 11) is 0. The van der Waals surface area contributed by atoms with E-state index in [4.69, 9.17) is 5.73 Å². The summed E-state index contributed by atoms with van der Waals surface area (Å²) >= 11 is 2.81. The van der Waals surface area contributed by atoms with E-state index in [2.05, 4.69) is 48.4 Å². The largest absolute Gasteiger partial charge is 0.369 e. The average molecular weight is 392 g/mol. The Morgan fingerprint density at radius 2 is 1.96 bits per heavy atom. The Morgan fingerprint density at radius 1 is 1.27 bits per heavy atom. The lowest BCUT2D eigenvalue weighted by molar-refractivity contribution is -0.118. The highest BCUT2D eigenvalue weighted by atomic mass is 32.2. The van der Waals surface area contributed by atoms with Gasteiger partial charge < -0.3 is 11.1 Å². The van der Waals surface area contributed by atoms with Gasteiger partial charge in [0.1, 0.15) is 0 Å². The van der Waals surface area contributed by atoms with Crippen molar-refractivity contribution in [2.75, 3.05) is 12.3 Å². The Balaban J connectivity index is 1.73. The van der Waals surface area contributed by atoms with Crippen molar-refractivity contribution in [3.05, 3.63) is 46.0 Å². The number of amides is 2. The van der Waals surface area contributed by atoms with Gasteiger partial charge in [-0.3, -0.25) is 9.59 Å². The van der Waals surface area contributed by atoms with E-state index in [9.17, 15) is 9.59 Å². The number of thioether (sulfide) groups is 1. The molecule has 0 aliphatic rings. The summed E-state index contributed by atoms with van der Waals surface area (Å²) in [4.78, 5) is 28.2. The summed E-state index contributed by atoms with van der Waals surface area (Å²) in [5, 5.41) is 2.94. The summed E-state index contributed by atoms with van der Waals surface area (Å²) in [6, 6.07) is 8.53. The SMILES string of the molecule is Cc1nc(SCC(=O)NCCc2ccc(C(C)C)cc2)sc1CC(N)=O. The molecule has 0 unspecified atom stereocenters. The van der Waals surface area contributed by atoms with Gasteiger partial charge in [-0.25, -0.2) is 4.98 Å². The normalized spacial score (nSPS) is 10.9. The van der Waals surface area contributed by atoms with Crippen LogP contribution < -0.4 is 11.1 Å². The molecule has 0 saturated carbocycles. The molecule has 0 bridgehead atoms. The highest BCUT2D eigenvalue weighted by Crippen LogP contribution is 2.27. The number of aryl methyl sites for hydroxylation is 1. The lowest BCUT2D eigenvalue weighted by Crippen LogP contribution is -2.27. The molecular formula is C19H25N3O2S2. The number of primary amides is 1. The average Bonchev–Trinajstić information content (AvgIpc) is 2.92. The van der Waals surface area contributed by atoms with Gasteiger partial charge in [0.15, 0.2) is 4.34 Å². The highest BCUT2D eigenvalue weighted by molar-refractivity contribution is 8.01. The zero-order chi connectivity index (χ0) is 19.1. The Hall–Kier alpha value is -1.86. The van der Waals surface area contributed by atoms with Gasteiger partial charge in [-0.1, -0.05) is 49.9 Å². The van der Waals surface area contributed by atoms with Gasteiger partial charge in [-0.15, -0.1) is 11.3 Å². The zero-order valence-electron chi connectivity index (χ0n) is 15.4. The van der Waals surface area contributed by atoms with Crippen LogP contribution in [0, 0.1) is 6.92 Å². The molecule has 2 amide bonds. The molecule has 0 radical (unpaired) electrons. The Labute approximate surface area is 162 Å². The van der Waals surface area contributed by atoms with Gasteiger partial charge in [0.2, 0.25) is 11.8 Å². The van der Waals surface area contributed by atoms with E-state index in [-0.39, 0.29) is 18.2 Å². The van der Waals surface area contributed by atoms with E-state index in [1.165, 1.54) is 34.2 Å². The molecule has 26 heavy (non-hydrogen) atoms. The van der Waals surface area contributed by atoms with Gasteiger partial charge >= 0.3 is 0 Å². The van der Waals surface area contributed by atoms with Crippen LogP contribution in [0.2, 0.25) is 0 Å². The smallest absolute Gasteiger partial charge is 0.230 e. The summed E-state index contributed by atoms with van der Waals surface area (Å²) in [6.45, 7) is 6.81. The molecule has 1 heterocycles. The molecule has 3 N–H and O–H groups in total. The number of carbonyl (C=O) groups excluding carboxylic acids is 2. The van der Waals surface area contributed by atoms with Crippen molar-refractivity contribution in [2.24, 2.45) is 5.73 Å². The third-order valence-electron chi connectivity index (χ3n) is 3.92. The van der Waals surface area contributed by atoms with E-state index in [0.717, 1.165) is 21.3 Å². The predicted octanol–water partition coefficient (Wildman–Crippen LogP) is 3.05. The van der Waals surface area contributed by atoms with Crippen molar-refractivity contribution >= 4 is 34.9 Å². The number of nitrogens with zero attached hydrogens (tertiary/aromatic N) is 1. The van der Waals surface area contributed by atoms with Crippen LogP contribution >= 0.6 is 23.1 Å². The van der Waals surface area contributed by atoms with Gasteiger partial charge in [0.25, 0.3) is 0 Å². The molecule has 0 aliphatic heterocycles. The van der Waals surface area contributed by atoms with E-state index in [1.807, 2.05) is 6.92 Å². The van der Waals surface area contributed by atoms with Crippen molar-refractivity contribution in [3.8, 4) is 0 Å². The molecule has 5 nitrogen and oxygen atoms in total. The number of nitrogens with one attached hydrogen (secondary N) is 1. The molecule has 7 heteroatoms. The molecule has 140 valence electrons. The fourth-order valence-electron chi connectivity index (χ4n) is 2.38. The standard InChI is InChI=1S/C19H25N3O2S2/c1-12(2)15-6-4-14(5-7-15)8-9-21-18(24)11-25-19-22-13(3)16(26-19)10-17(20)23/h4-7,12H,8-11H2,1-3H3,(H2,20,23)(H,21,24). The lowest BCUT2D eigenvalue weighted by Gasteiger charge is -2.08. The molecule has 0 atom stereocenters. The maximum atomic E-state index is 12.0. The number of hydrogen-bond acceptors (Lipinski definition) is 5. The number of benzene rings is 1. The molecule has 0 saturated heterocycles. The predicted molar refractivity (Wildman–Crippen MR) is 108 cm³/mol. The molecule has 2 rings (SSSR count). The Morgan fingerprint density at radius 3 is 2.58 bits per heavy atom. The number of hydrogen-bond donors (Lipinski definition) is 2. The first-order valence-corrected chi connectivity index (χ1v) is 10.4. The minimum atomic E-state index is -0.368. The summed E-state index contributed by atoms with van der Waals surface area (Å²) in [5.74, 6) is 0.458. The second-order valence-electron chi connectivity index (χ2n) is 6.42. The summed E-state index contributed by atoms with van der Waals surface area (Å²) in [6.07, 6.45) is 1.01. The molecular weight excluding hydrogens is 366 g/mol. The highest BCUT2D eigenvalue weighted by Gasteiger charge is 2.12. The first-order valence-electron chi connectivity index (χ1n) is 8.58. The van der Waals surface area contributed by atoms with Gasteiger partial charge in [-0.05, 0) is 30.4 Å². The molecule has 0 aliphatic carbocycles. The van der Waals surface area contributed by atoms with Crippen LogP contribution in [0.15, 0.2) is 28.6 Å². The zero-order valence-corrected chi connectivity index (χ0v) is 17.0. The van der Waals surface area contributed by atoms with Crippen LogP contribution in [0.1, 0.15) is 41.5 Å². The van der Waals surface area contributed by atoms with Gasteiger partial charge in [0.05, 0.1) is 17.9 Å². The third-order valence-corrected chi connectivity index (χ3v) is 6.22. The second-order valence-corrected chi connectivity index (χ2v) is 8.72. The lowest BCUT2D eigenvalue weighted by atomic mass is 10.0. The van der Waals surface area contributed by atoms with Gasteiger partial charge in [0, 0.05) is 11.4 Å². The number of nitrogens with two attached hydrogens (primary N) is 1. The number of carbonyl (C=O) groups is 2. The van der Waals surface area contributed by atoms with Crippen LogP contribution in [-0.2, 0) is 22.4 Å². The van der Waals surface area contributed by atoms with Crippen LogP contribution in [0.4, 0.5) is 0 Å².